The first-order chi connectivity index (χ1) is 13.6. The van der Waals surface area contributed by atoms with Crippen LogP contribution in [0.5, 0.6) is 5.75 Å². The zero-order valence-corrected chi connectivity index (χ0v) is 17.7. The molecule has 3 aromatic rings. The quantitative estimate of drug-likeness (QED) is 0.636. The van der Waals surface area contributed by atoms with Crippen LogP contribution in [0.1, 0.15) is 22.2 Å². The predicted molar refractivity (Wildman–Crippen MR) is 114 cm³/mol. The lowest BCUT2D eigenvalue weighted by Crippen LogP contribution is -2.44. The third kappa shape index (κ3) is 4.76. The Morgan fingerprint density at radius 2 is 2.10 bits per heavy atom. The predicted octanol–water partition coefficient (Wildman–Crippen LogP) is 3.06. The summed E-state index contributed by atoms with van der Waals surface area (Å²) in [6, 6.07) is 10.8. The highest BCUT2D eigenvalue weighted by Gasteiger charge is 2.25. The second-order valence-electron chi connectivity index (χ2n) is 6.50. The van der Waals surface area contributed by atoms with E-state index in [1.165, 1.54) is 11.3 Å². The van der Waals surface area contributed by atoms with E-state index in [1.807, 2.05) is 12.1 Å². The fraction of sp³-hybridized carbons (Fsp3) is 0.316. The van der Waals surface area contributed by atoms with E-state index in [0.717, 1.165) is 24.5 Å². The number of hydrogen-bond donors (Lipinski definition) is 2. The van der Waals surface area contributed by atoms with Gasteiger partial charge in [0.05, 0.1) is 23.0 Å². The number of carbonyl (C=O) groups is 1. The highest BCUT2D eigenvalue weighted by atomic mass is 35.5. The molecule has 1 aliphatic heterocycles. The van der Waals surface area contributed by atoms with Gasteiger partial charge in [0.25, 0.3) is 11.8 Å². The fourth-order valence-electron chi connectivity index (χ4n) is 3.01. The van der Waals surface area contributed by atoms with Crippen molar-refractivity contribution in [2.24, 2.45) is 0 Å². The summed E-state index contributed by atoms with van der Waals surface area (Å²) in [6.45, 7) is 2.69. The fourth-order valence-corrected chi connectivity index (χ4v) is 3.83. The largest absolute Gasteiger partial charge is 0.497 e. The average molecular weight is 436 g/mol. The van der Waals surface area contributed by atoms with Gasteiger partial charge in [0.2, 0.25) is 0 Å². The van der Waals surface area contributed by atoms with Crippen molar-refractivity contribution in [1.82, 2.24) is 20.4 Å². The molecule has 1 unspecified atom stereocenters. The Balaban J connectivity index is 0.00000240. The number of anilines is 1. The van der Waals surface area contributed by atoms with Gasteiger partial charge in [-0.2, -0.15) is 4.98 Å². The number of halogens is 1. The second kappa shape index (κ2) is 9.36. The number of carbonyl (C=O) groups excluding carboxylic acids is 1. The Morgan fingerprint density at radius 1 is 1.31 bits per heavy atom. The van der Waals surface area contributed by atoms with Crippen LogP contribution >= 0.6 is 23.7 Å². The zero-order chi connectivity index (χ0) is 19.5. The van der Waals surface area contributed by atoms with E-state index in [1.54, 1.807) is 31.4 Å². The number of hydrogen-bond acceptors (Lipinski definition) is 8. The molecule has 0 bridgehead atoms. The Morgan fingerprint density at radius 3 is 2.83 bits per heavy atom. The smallest absolute Gasteiger partial charge is 0.268 e. The first-order valence-electron chi connectivity index (χ1n) is 8.94. The normalized spacial score (nSPS) is 16.8. The molecule has 2 aromatic heterocycles. The summed E-state index contributed by atoms with van der Waals surface area (Å²) in [6.07, 6.45) is 0. The number of ether oxygens (including phenoxy) is 1. The van der Waals surface area contributed by atoms with Crippen molar-refractivity contribution < 1.29 is 14.1 Å². The number of methoxy groups -OCH3 is 1. The first kappa shape index (κ1) is 21.3. The lowest BCUT2D eigenvalue weighted by Gasteiger charge is -2.30. The van der Waals surface area contributed by atoms with Gasteiger partial charge in [-0.25, -0.2) is 0 Å². The number of rotatable bonds is 5. The Hall–Kier alpha value is -2.46. The van der Waals surface area contributed by atoms with E-state index in [-0.39, 0.29) is 24.4 Å². The minimum absolute atomic E-state index is 0. The third-order valence-corrected chi connectivity index (χ3v) is 5.65. The van der Waals surface area contributed by atoms with Crippen LogP contribution in [0.2, 0.25) is 0 Å². The molecule has 1 atom stereocenters. The summed E-state index contributed by atoms with van der Waals surface area (Å²) < 4.78 is 10.6. The van der Waals surface area contributed by atoms with Gasteiger partial charge in [0.1, 0.15) is 5.75 Å². The maximum atomic E-state index is 12.4. The molecular formula is C19H22ClN5O3S. The van der Waals surface area contributed by atoms with E-state index < -0.39 is 0 Å². The highest BCUT2D eigenvalue weighted by molar-refractivity contribution is 7.19. The molecule has 1 aliphatic rings. The van der Waals surface area contributed by atoms with E-state index in [9.17, 15) is 4.79 Å². The molecular weight excluding hydrogens is 414 g/mol. The molecule has 0 spiro atoms. The molecule has 154 valence electrons. The zero-order valence-electron chi connectivity index (χ0n) is 16.0. The lowest BCUT2D eigenvalue weighted by molar-refractivity contribution is 0.102. The van der Waals surface area contributed by atoms with Gasteiger partial charge in [-0.1, -0.05) is 5.16 Å². The first-order valence-corrected chi connectivity index (χ1v) is 9.76. The number of thiophene rings is 1. The van der Waals surface area contributed by atoms with Crippen molar-refractivity contribution in [2.75, 3.05) is 39.1 Å². The summed E-state index contributed by atoms with van der Waals surface area (Å²) in [7, 11) is 3.65. The van der Waals surface area contributed by atoms with E-state index in [4.69, 9.17) is 9.26 Å². The van der Waals surface area contributed by atoms with Gasteiger partial charge < -0.3 is 19.9 Å². The Bertz CT molecular complexity index is 959. The van der Waals surface area contributed by atoms with Crippen LogP contribution in [0.25, 0.3) is 10.8 Å². The minimum atomic E-state index is -0.183. The van der Waals surface area contributed by atoms with Gasteiger partial charge in [0, 0.05) is 25.2 Å². The van der Waals surface area contributed by atoms with Crippen LogP contribution in [0, 0.1) is 0 Å². The van der Waals surface area contributed by atoms with Crippen LogP contribution in [0.4, 0.5) is 5.00 Å². The van der Waals surface area contributed by atoms with Gasteiger partial charge >= 0.3 is 0 Å². The highest BCUT2D eigenvalue weighted by Crippen LogP contribution is 2.31. The van der Waals surface area contributed by atoms with Crippen LogP contribution in [-0.4, -0.2) is 54.7 Å². The van der Waals surface area contributed by atoms with E-state index in [2.05, 4.69) is 32.7 Å². The van der Waals surface area contributed by atoms with Crippen LogP contribution in [0.15, 0.2) is 40.9 Å². The molecule has 0 saturated carbocycles. The van der Waals surface area contributed by atoms with Gasteiger partial charge in [-0.3, -0.25) is 9.69 Å². The number of benzene rings is 1. The topological polar surface area (TPSA) is 92.5 Å². The average Bonchev–Trinajstić information content (AvgIpc) is 3.38. The Labute approximate surface area is 178 Å². The minimum Gasteiger partial charge on any atom is -0.497 e. The SMILES string of the molecule is COc1ccc(C(=O)Nc2ccc(-c3nc(C4CNCCN4C)no3)s2)cc1.Cl. The van der Waals surface area contributed by atoms with Crippen molar-refractivity contribution >= 4 is 34.7 Å². The molecule has 0 radical (unpaired) electrons. The molecule has 1 saturated heterocycles. The number of nitrogens with one attached hydrogen (secondary N) is 2. The van der Waals surface area contributed by atoms with Crippen molar-refractivity contribution in [1.29, 1.82) is 0 Å². The van der Waals surface area contributed by atoms with Crippen LogP contribution < -0.4 is 15.4 Å². The van der Waals surface area contributed by atoms with E-state index >= 15 is 0 Å². The molecule has 8 nitrogen and oxygen atoms in total. The van der Waals surface area contributed by atoms with Crippen LogP contribution in [0.3, 0.4) is 0 Å². The molecule has 29 heavy (non-hydrogen) atoms. The summed E-state index contributed by atoms with van der Waals surface area (Å²) >= 11 is 1.40. The second-order valence-corrected chi connectivity index (χ2v) is 7.59. The van der Waals surface area contributed by atoms with Gasteiger partial charge in [-0.05, 0) is 43.4 Å². The molecule has 3 heterocycles. The van der Waals surface area contributed by atoms with E-state index in [0.29, 0.717) is 28.0 Å². The molecule has 10 heteroatoms. The van der Waals surface area contributed by atoms with Gasteiger partial charge in [-0.15, -0.1) is 23.7 Å². The number of nitrogens with zero attached hydrogens (tertiary/aromatic N) is 3. The third-order valence-electron chi connectivity index (χ3n) is 4.66. The molecule has 0 aliphatic carbocycles. The summed E-state index contributed by atoms with van der Waals surface area (Å²) in [5.74, 6) is 1.66. The van der Waals surface area contributed by atoms with Crippen LogP contribution in [-0.2, 0) is 0 Å². The number of amides is 1. The molecule has 1 fully saturated rings. The van der Waals surface area contributed by atoms with Crippen molar-refractivity contribution in [3.8, 4) is 16.5 Å². The summed E-state index contributed by atoms with van der Waals surface area (Å²) in [4.78, 5) is 20.0. The molecule has 1 amide bonds. The maximum absolute atomic E-state index is 12.4. The Kier molecular flexibility index (Phi) is 6.86. The lowest BCUT2D eigenvalue weighted by atomic mass is 10.2. The maximum Gasteiger partial charge on any atom is 0.268 e. The number of likely N-dealkylation sites (N-methyl/N-ethyl adjacent to an activating group) is 1. The van der Waals surface area contributed by atoms with Crippen molar-refractivity contribution in [3.63, 3.8) is 0 Å². The molecule has 4 rings (SSSR count). The monoisotopic (exact) mass is 435 g/mol. The van der Waals surface area contributed by atoms with Crippen molar-refractivity contribution in [2.45, 2.75) is 6.04 Å². The van der Waals surface area contributed by atoms with Gasteiger partial charge in [0.15, 0.2) is 5.82 Å². The summed E-state index contributed by atoms with van der Waals surface area (Å²) in [5, 5.41) is 11.1. The molecule has 1 aromatic carbocycles. The standard InChI is InChI=1S/C19H21N5O3S.ClH/c1-24-10-9-20-11-14(24)17-22-19(27-23-17)15-7-8-16(28-15)21-18(25)12-3-5-13(26-2)6-4-12;/h3-8,14,20H,9-11H2,1-2H3,(H,21,25);1H. The summed E-state index contributed by atoms with van der Waals surface area (Å²) in [5.41, 5.74) is 0.559. The van der Waals surface area contributed by atoms with Crippen molar-refractivity contribution in [3.05, 3.63) is 47.8 Å². The molecule has 2 N–H and O–H groups in total. The number of piperazine rings is 1. The number of aromatic nitrogens is 2.